The molecule has 0 aliphatic heterocycles. The first-order valence-corrected chi connectivity index (χ1v) is 8.22. The Morgan fingerprint density at radius 3 is 2.74 bits per heavy atom. The van der Waals surface area contributed by atoms with E-state index in [0.29, 0.717) is 15.7 Å². The van der Waals surface area contributed by atoms with Crippen molar-refractivity contribution in [2.45, 2.75) is 13.3 Å². The number of nitrogens with one attached hydrogen (secondary N) is 1. The lowest BCUT2D eigenvalue weighted by molar-refractivity contribution is -0.139. The molecular weight excluding hydrogens is 340 g/mol. The average molecular weight is 354 g/mol. The van der Waals surface area contributed by atoms with E-state index in [0.717, 1.165) is 4.88 Å². The maximum Gasteiger partial charge on any atom is 0.348 e. The molecule has 0 aliphatic rings. The first kappa shape index (κ1) is 17.1. The molecule has 0 unspecified atom stereocenters. The van der Waals surface area contributed by atoms with Gasteiger partial charge in [-0.2, -0.15) is 0 Å². The number of anilines is 1. The molecule has 2 aromatic rings. The topological polar surface area (TPSA) is 94.6 Å². The van der Waals surface area contributed by atoms with Crippen molar-refractivity contribution in [3.8, 4) is 0 Å². The van der Waals surface area contributed by atoms with Crippen molar-refractivity contribution in [2.75, 3.05) is 19.0 Å². The maximum absolute atomic E-state index is 11.7. The Balaban J connectivity index is 1.80. The zero-order valence-electron chi connectivity index (χ0n) is 12.5. The Bertz CT molecular complexity index is 722. The second-order valence-corrected chi connectivity index (χ2v) is 6.58. The number of hydrogen-bond donors (Lipinski definition) is 1. The number of thiophene rings is 1. The van der Waals surface area contributed by atoms with Crippen molar-refractivity contribution < 1.29 is 23.9 Å². The van der Waals surface area contributed by atoms with Crippen LogP contribution in [0.15, 0.2) is 17.5 Å². The summed E-state index contributed by atoms with van der Waals surface area (Å²) in [5.74, 6) is -1.44. The number of aromatic nitrogens is 1. The number of methoxy groups -OCH3 is 1. The lowest BCUT2D eigenvalue weighted by Crippen LogP contribution is -2.20. The standard InChI is InChI=1S/C14H14N2O5S2/c1-8-3-4-10(23-8)13(19)21-6-11(17)16-14-15-9(7-22-14)5-12(18)20-2/h3-4,7H,5-6H2,1-2H3,(H,15,16,17). The predicted octanol–water partition coefficient (Wildman–Crippen LogP) is 2.02. The summed E-state index contributed by atoms with van der Waals surface area (Å²) in [7, 11) is 1.29. The van der Waals surface area contributed by atoms with Crippen LogP contribution in [0, 0.1) is 6.92 Å². The van der Waals surface area contributed by atoms with E-state index in [9.17, 15) is 14.4 Å². The minimum atomic E-state index is -0.538. The van der Waals surface area contributed by atoms with Crippen LogP contribution in [0.3, 0.4) is 0 Å². The number of aryl methyl sites for hydroxylation is 1. The van der Waals surface area contributed by atoms with Gasteiger partial charge in [0.1, 0.15) is 4.88 Å². The highest BCUT2D eigenvalue weighted by atomic mass is 32.1. The van der Waals surface area contributed by atoms with Crippen LogP contribution < -0.4 is 5.32 Å². The van der Waals surface area contributed by atoms with Gasteiger partial charge in [-0.25, -0.2) is 9.78 Å². The van der Waals surface area contributed by atoms with Crippen LogP contribution in [-0.2, 0) is 25.5 Å². The summed E-state index contributed by atoms with van der Waals surface area (Å²) < 4.78 is 9.46. The molecule has 0 fully saturated rings. The highest BCUT2D eigenvalue weighted by Gasteiger charge is 2.14. The van der Waals surface area contributed by atoms with E-state index in [1.165, 1.54) is 29.8 Å². The van der Waals surface area contributed by atoms with Crippen LogP contribution in [0.4, 0.5) is 5.13 Å². The van der Waals surface area contributed by atoms with E-state index in [4.69, 9.17) is 4.74 Å². The second kappa shape index (κ2) is 7.84. The first-order valence-electron chi connectivity index (χ1n) is 6.52. The van der Waals surface area contributed by atoms with Crippen LogP contribution in [0.25, 0.3) is 0 Å². The van der Waals surface area contributed by atoms with E-state index in [1.54, 1.807) is 17.5 Å². The van der Waals surface area contributed by atoms with E-state index in [2.05, 4.69) is 15.0 Å². The normalized spacial score (nSPS) is 10.2. The van der Waals surface area contributed by atoms with Crippen LogP contribution in [0.2, 0.25) is 0 Å². The molecule has 7 nitrogen and oxygen atoms in total. The van der Waals surface area contributed by atoms with Crippen molar-refractivity contribution in [1.82, 2.24) is 4.98 Å². The Hall–Kier alpha value is -2.26. The Morgan fingerprint density at radius 1 is 1.30 bits per heavy atom. The third-order valence-electron chi connectivity index (χ3n) is 2.63. The summed E-state index contributed by atoms with van der Waals surface area (Å²) in [4.78, 5) is 40.1. The fraction of sp³-hybridized carbons (Fsp3) is 0.286. The summed E-state index contributed by atoms with van der Waals surface area (Å²) >= 11 is 2.48. The number of carbonyl (C=O) groups is 3. The fourth-order valence-corrected chi connectivity index (χ4v) is 3.06. The van der Waals surface area contributed by atoms with Gasteiger partial charge >= 0.3 is 11.9 Å². The third-order valence-corrected chi connectivity index (χ3v) is 4.41. The number of amides is 1. The van der Waals surface area contributed by atoms with Gasteiger partial charge in [0.25, 0.3) is 5.91 Å². The van der Waals surface area contributed by atoms with Gasteiger partial charge in [-0.05, 0) is 19.1 Å². The highest BCUT2D eigenvalue weighted by Crippen LogP contribution is 2.17. The zero-order chi connectivity index (χ0) is 16.8. The molecule has 0 saturated carbocycles. The molecular formula is C14H14N2O5S2. The Kier molecular flexibility index (Phi) is 5.83. The summed E-state index contributed by atoms with van der Waals surface area (Å²) in [5.41, 5.74) is 0.503. The minimum Gasteiger partial charge on any atom is -0.469 e. The molecule has 0 radical (unpaired) electrons. The molecule has 1 amide bonds. The maximum atomic E-state index is 11.7. The van der Waals surface area contributed by atoms with Gasteiger partial charge in [0.2, 0.25) is 0 Å². The summed E-state index contributed by atoms with van der Waals surface area (Å²) in [6.07, 6.45) is 0.0373. The monoisotopic (exact) mass is 354 g/mol. The van der Waals surface area contributed by atoms with Gasteiger partial charge < -0.3 is 9.47 Å². The number of esters is 2. The van der Waals surface area contributed by atoms with Gasteiger partial charge in [0.15, 0.2) is 11.7 Å². The zero-order valence-corrected chi connectivity index (χ0v) is 14.1. The van der Waals surface area contributed by atoms with Crippen molar-refractivity contribution in [3.05, 3.63) is 33.0 Å². The predicted molar refractivity (Wildman–Crippen MR) is 85.8 cm³/mol. The lowest BCUT2D eigenvalue weighted by Gasteiger charge is -2.03. The molecule has 2 heterocycles. The van der Waals surface area contributed by atoms with Crippen LogP contribution in [0.1, 0.15) is 20.2 Å². The summed E-state index contributed by atoms with van der Waals surface area (Å²) in [6.45, 7) is 1.48. The minimum absolute atomic E-state index is 0.0373. The van der Waals surface area contributed by atoms with Gasteiger partial charge in [0.05, 0.1) is 19.2 Å². The van der Waals surface area contributed by atoms with Crippen LogP contribution in [0.5, 0.6) is 0 Å². The number of ether oxygens (including phenoxy) is 2. The van der Waals surface area contributed by atoms with Crippen LogP contribution >= 0.6 is 22.7 Å². The molecule has 9 heteroatoms. The average Bonchev–Trinajstić information content (AvgIpc) is 3.14. The SMILES string of the molecule is COC(=O)Cc1csc(NC(=O)COC(=O)c2ccc(C)s2)n1. The second-order valence-electron chi connectivity index (χ2n) is 4.43. The van der Waals surface area contributed by atoms with Gasteiger partial charge in [-0.1, -0.05) is 0 Å². The number of nitrogens with zero attached hydrogens (tertiary/aromatic N) is 1. The molecule has 23 heavy (non-hydrogen) atoms. The quantitative estimate of drug-likeness (QED) is 0.798. The van der Waals surface area contributed by atoms with E-state index >= 15 is 0 Å². The van der Waals surface area contributed by atoms with Crippen molar-refractivity contribution in [2.24, 2.45) is 0 Å². The number of carbonyl (C=O) groups excluding carboxylic acids is 3. The van der Waals surface area contributed by atoms with Crippen molar-refractivity contribution in [1.29, 1.82) is 0 Å². The van der Waals surface area contributed by atoms with E-state index < -0.39 is 24.5 Å². The highest BCUT2D eigenvalue weighted by molar-refractivity contribution is 7.14. The third kappa shape index (κ3) is 5.15. The molecule has 0 saturated heterocycles. The molecule has 122 valence electrons. The molecule has 0 spiro atoms. The van der Waals surface area contributed by atoms with Crippen molar-refractivity contribution in [3.63, 3.8) is 0 Å². The smallest absolute Gasteiger partial charge is 0.348 e. The van der Waals surface area contributed by atoms with Gasteiger partial charge in [-0.15, -0.1) is 22.7 Å². The van der Waals surface area contributed by atoms with E-state index in [1.807, 2.05) is 6.92 Å². The lowest BCUT2D eigenvalue weighted by atomic mass is 10.3. The first-order chi connectivity index (χ1) is 11.0. The fourth-order valence-electron chi connectivity index (χ4n) is 1.57. The van der Waals surface area contributed by atoms with Gasteiger partial charge in [-0.3, -0.25) is 14.9 Å². The molecule has 0 bridgehead atoms. The van der Waals surface area contributed by atoms with Gasteiger partial charge in [0, 0.05) is 10.3 Å². The molecule has 0 atom stereocenters. The summed E-state index contributed by atoms with van der Waals surface area (Å²) in [5, 5.41) is 4.48. The molecule has 1 N–H and O–H groups in total. The number of rotatable bonds is 6. The Labute approximate surface area is 140 Å². The Morgan fingerprint density at radius 2 is 2.09 bits per heavy atom. The van der Waals surface area contributed by atoms with Crippen LogP contribution in [-0.4, -0.2) is 36.5 Å². The molecule has 0 aromatic carbocycles. The number of hydrogen-bond acceptors (Lipinski definition) is 8. The van der Waals surface area contributed by atoms with E-state index in [-0.39, 0.29) is 6.42 Å². The molecule has 2 rings (SSSR count). The van der Waals surface area contributed by atoms with Crippen molar-refractivity contribution >= 4 is 45.7 Å². The molecule has 2 aromatic heterocycles. The summed E-state index contributed by atoms with van der Waals surface area (Å²) in [6, 6.07) is 3.46. The largest absolute Gasteiger partial charge is 0.469 e. The number of thiazole rings is 1. The molecule has 0 aliphatic carbocycles.